The van der Waals surface area contributed by atoms with Crippen molar-refractivity contribution in [1.82, 2.24) is 4.90 Å². The molecule has 5 nitrogen and oxygen atoms in total. The number of carbonyl (C=O) groups excluding carboxylic acids is 3. The zero-order chi connectivity index (χ0) is 22.1. The molecule has 0 unspecified atom stereocenters. The predicted molar refractivity (Wildman–Crippen MR) is 120 cm³/mol. The third kappa shape index (κ3) is 3.54. The van der Waals surface area contributed by atoms with Gasteiger partial charge in [0.1, 0.15) is 11.8 Å². The van der Waals surface area contributed by atoms with Crippen LogP contribution in [-0.2, 0) is 11.2 Å². The van der Waals surface area contributed by atoms with Crippen LogP contribution in [0.2, 0.25) is 0 Å². The Kier molecular flexibility index (Phi) is 5.00. The van der Waals surface area contributed by atoms with E-state index < -0.39 is 23.8 Å². The Bertz CT molecular complexity index is 1310. The van der Waals surface area contributed by atoms with Gasteiger partial charge < -0.3 is 4.74 Å². The molecule has 1 heterocycles. The van der Waals surface area contributed by atoms with Gasteiger partial charge in [-0.25, -0.2) is 4.79 Å². The molecular weight excluding hydrogens is 402 g/mol. The number of nitrogens with zero attached hydrogens (tertiary/aromatic N) is 1. The number of amides is 2. The molecule has 32 heavy (non-hydrogen) atoms. The molecule has 5 heteroatoms. The number of hydrogen-bond acceptors (Lipinski definition) is 4. The lowest BCUT2D eigenvalue weighted by molar-refractivity contribution is -0.138. The summed E-state index contributed by atoms with van der Waals surface area (Å²) in [5.41, 5.74) is 1.42. The summed E-state index contributed by atoms with van der Waals surface area (Å²) >= 11 is 0. The maximum Gasteiger partial charge on any atom is 0.335 e. The molecule has 5 rings (SSSR count). The second-order valence-corrected chi connectivity index (χ2v) is 7.66. The van der Waals surface area contributed by atoms with Crippen LogP contribution < -0.4 is 4.74 Å². The van der Waals surface area contributed by atoms with Gasteiger partial charge in [-0.3, -0.25) is 14.5 Å². The van der Waals surface area contributed by atoms with E-state index in [2.05, 4.69) is 0 Å². The predicted octanol–water partition coefficient (Wildman–Crippen LogP) is 4.65. The van der Waals surface area contributed by atoms with Crippen LogP contribution in [0.1, 0.15) is 26.3 Å². The summed E-state index contributed by atoms with van der Waals surface area (Å²) in [4.78, 5) is 40.5. The molecule has 1 atom stereocenters. The molecular formula is C27H19NO4. The van der Waals surface area contributed by atoms with Gasteiger partial charge in [-0.2, -0.15) is 0 Å². The van der Waals surface area contributed by atoms with Gasteiger partial charge >= 0.3 is 5.97 Å². The molecule has 0 radical (unpaired) electrons. The lowest BCUT2D eigenvalue weighted by Crippen LogP contribution is -2.48. The molecule has 0 bridgehead atoms. The first kappa shape index (κ1) is 19.7. The quantitative estimate of drug-likeness (QED) is 0.267. The lowest BCUT2D eigenvalue weighted by Gasteiger charge is -2.24. The molecule has 1 aliphatic heterocycles. The van der Waals surface area contributed by atoms with Crippen molar-refractivity contribution in [1.29, 1.82) is 0 Å². The Morgan fingerprint density at radius 1 is 0.719 bits per heavy atom. The minimum Gasteiger partial charge on any atom is -0.425 e. The molecule has 1 aliphatic rings. The summed E-state index contributed by atoms with van der Waals surface area (Å²) in [6.45, 7) is 0. The molecule has 0 saturated heterocycles. The van der Waals surface area contributed by atoms with E-state index in [1.807, 2.05) is 60.7 Å². The van der Waals surface area contributed by atoms with Crippen molar-refractivity contribution in [3.05, 3.63) is 114 Å². The van der Waals surface area contributed by atoms with Crippen molar-refractivity contribution in [2.45, 2.75) is 12.5 Å². The van der Waals surface area contributed by atoms with Crippen molar-refractivity contribution < 1.29 is 19.1 Å². The SMILES string of the molecule is O=C(Oc1ccc2ccccc2c1)[C@@H](Cc1ccccc1)N1C(=O)c2ccccc2C1=O. The Morgan fingerprint density at radius 3 is 2.00 bits per heavy atom. The Balaban J connectivity index is 1.49. The fraction of sp³-hybridized carbons (Fsp3) is 0.0741. The third-order valence-electron chi connectivity index (χ3n) is 5.62. The number of ether oxygens (including phenoxy) is 1. The van der Waals surface area contributed by atoms with Gasteiger partial charge in [0.15, 0.2) is 0 Å². The van der Waals surface area contributed by atoms with Crippen molar-refractivity contribution in [3.63, 3.8) is 0 Å². The molecule has 0 aromatic heterocycles. The molecule has 2 amide bonds. The zero-order valence-corrected chi connectivity index (χ0v) is 17.1. The van der Waals surface area contributed by atoms with Crippen LogP contribution in [0, 0.1) is 0 Å². The van der Waals surface area contributed by atoms with Gasteiger partial charge in [0.05, 0.1) is 11.1 Å². The van der Waals surface area contributed by atoms with Crippen molar-refractivity contribution in [2.75, 3.05) is 0 Å². The smallest absolute Gasteiger partial charge is 0.335 e. The first-order valence-corrected chi connectivity index (χ1v) is 10.3. The van der Waals surface area contributed by atoms with Crippen LogP contribution in [0.25, 0.3) is 10.8 Å². The second-order valence-electron chi connectivity index (χ2n) is 7.66. The van der Waals surface area contributed by atoms with E-state index in [0.717, 1.165) is 21.2 Å². The summed E-state index contributed by atoms with van der Waals surface area (Å²) in [7, 11) is 0. The van der Waals surface area contributed by atoms with Crippen LogP contribution in [-0.4, -0.2) is 28.7 Å². The standard InChI is InChI=1S/C27H19NO4/c29-25-22-12-6-7-13-23(22)26(30)28(25)24(16-18-8-2-1-3-9-18)27(31)32-21-15-14-19-10-4-5-11-20(19)17-21/h1-15,17,24H,16H2/t24-/m1/s1. The third-order valence-corrected chi connectivity index (χ3v) is 5.62. The van der Waals surface area contributed by atoms with Crippen molar-refractivity contribution >= 4 is 28.6 Å². The number of rotatable bonds is 5. The maximum absolute atomic E-state index is 13.3. The molecule has 0 fully saturated rings. The van der Waals surface area contributed by atoms with Gasteiger partial charge in [0, 0.05) is 6.42 Å². The number of esters is 1. The van der Waals surface area contributed by atoms with Crippen LogP contribution in [0.5, 0.6) is 5.75 Å². The monoisotopic (exact) mass is 421 g/mol. The average molecular weight is 421 g/mol. The molecule has 0 saturated carbocycles. The number of imide groups is 1. The van der Waals surface area contributed by atoms with Crippen molar-refractivity contribution in [2.24, 2.45) is 0 Å². The van der Waals surface area contributed by atoms with E-state index in [4.69, 9.17) is 4.74 Å². The number of fused-ring (bicyclic) bond motifs is 2. The fourth-order valence-corrected chi connectivity index (χ4v) is 4.02. The molecule has 156 valence electrons. The van der Waals surface area contributed by atoms with E-state index in [9.17, 15) is 14.4 Å². The van der Waals surface area contributed by atoms with E-state index in [0.29, 0.717) is 16.9 Å². The first-order chi connectivity index (χ1) is 15.6. The summed E-state index contributed by atoms with van der Waals surface area (Å²) in [6, 6.07) is 27.9. The Labute approximate surface area is 184 Å². The van der Waals surface area contributed by atoms with E-state index in [1.54, 1.807) is 36.4 Å². The average Bonchev–Trinajstić information content (AvgIpc) is 3.08. The summed E-state index contributed by atoms with van der Waals surface area (Å²) < 4.78 is 5.68. The van der Waals surface area contributed by atoms with E-state index >= 15 is 0 Å². The highest BCUT2D eigenvalue weighted by Gasteiger charge is 2.43. The molecule has 0 aliphatic carbocycles. The van der Waals surface area contributed by atoms with E-state index in [1.165, 1.54) is 0 Å². The minimum atomic E-state index is -1.09. The first-order valence-electron chi connectivity index (χ1n) is 10.3. The highest BCUT2D eigenvalue weighted by Crippen LogP contribution is 2.27. The summed E-state index contributed by atoms with van der Waals surface area (Å²) in [6.07, 6.45) is 0.165. The van der Waals surface area contributed by atoms with Crippen molar-refractivity contribution in [3.8, 4) is 5.75 Å². The molecule has 0 N–H and O–H groups in total. The Hall–Kier alpha value is -4.25. The normalized spacial score (nSPS) is 13.8. The summed E-state index contributed by atoms with van der Waals surface area (Å²) in [5, 5.41) is 1.95. The fourth-order valence-electron chi connectivity index (χ4n) is 4.02. The molecule has 4 aromatic carbocycles. The van der Waals surface area contributed by atoms with Crippen LogP contribution >= 0.6 is 0 Å². The Morgan fingerprint density at radius 2 is 1.31 bits per heavy atom. The van der Waals surface area contributed by atoms with Gasteiger partial charge in [-0.05, 0) is 40.6 Å². The topological polar surface area (TPSA) is 63.7 Å². The van der Waals surface area contributed by atoms with Gasteiger partial charge in [0.2, 0.25) is 0 Å². The van der Waals surface area contributed by atoms with Gasteiger partial charge in [-0.1, -0.05) is 72.8 Å². The number of hydrogen-bond donors (Lipinski definition) is 0. The highest BCUT2D eigenvalue weighted by atomic mass is 16.5. The van der Waals surface area contributed by atoms with Crippen LogP contribution in [0.3, 0.4) is 0 Å². The maximum atomic E-state index is 13.3. The largest absolute Gasteiger partial charge is 0.425 e. The summed E-state index contributed by atoms with van der Waals surface area (Å²) in [5.74, 6) is -1.26. The van der Waals surface area contributed by atoms with E-state index in [-0.39, 0.29) is 6.42 Å². The van der Waals surface area contributed by atoms with Crippen LogP contribution in [0.15, 0.2) is 97.1 Å². The second kappa shape index (κ2) is 8.12. The molecule has 4 aromatic rings. The molecule has 0 spiro atoms. The number of carbonyl (C=O) groups is 3. The zero-order valence-electron chi connectivity index (χ0n) is 17.1. The number of benzene rings is 4. The van der Waals surface area contributed by atoms with Crippen LogP contribution in [0.4, 0.5) is 0 Å². The highest BCUT2D eigenvalue weighted by molar-refractivity contribution is 6.22. The van der Waals surface area contributed by atoms with Gasteiger partial charge in [0.25, 0.3) is 11.8 Å². The van der Waals surface area contributed by atoms with Gasteiger partial charge in [-0.15, -0.1) is 0 Å². The lowest BCUT2D eigenvalue weighted by atomic mass is 10.0. The minimum absolute atomic E-state index is 0.165.